The minimum Gasteiger partial charge on any atom is -0.328 e. The van der Waals surface area contributed by atoms with Crippen LogP contribution in [0.25, 0.3) is 0 Å². The monoisotopic (exact) mass is 374 g/mol. The quantitative estimate of drug-likeness (QED) is 0.828. The third kappa shape index (κ3) is 3.22. The van der Waals surface area contributed by atoms with Gasteiger partial charge < -0.3 is 5.32 Å². The summed E-state index contributed by atoms with van der Waals surface area (Å²) in [5, 5.41) is 19.9. The van der Waals surface area contributed by atoms with Gasteiger partial charge in [-0.25, -0.2) is 8.78 Å². The molecule has 2 aliphatic rings. The highest BCUT2D eigenvalue weighted by atomic mass is 32.2. The standard InChI is InChI=1S/C18H16F2N4OS/c1-18(19,20)11-5-3-10(4-6-11)14-15(13-8-7-12(9-21)26-13)23-17(22)24(2)16(14)25/h3-7,14H,8H2,1-2H3,(H2,22,23)/b15-13+/t14-/m0/s1. The fourth-order valence-corrected chi connectivity index (χ4v) is 3.78. The second-order valence-corrected chi connectivity index (χ2v) is 7.27. The van der Waals surface area contributed by atoms with E-state index in [2.05, 4.69) is 11.4 Å². The Hall–Kier alpha value is -2.66. The molecule has 0 radical (unpaired) electrons. The first-order valence-electron chi connectivity index (χ1n) is 7.85. The van der Waals surface area contributed by atoms with Crippen LogP contribution in [0.1, 0.15) is 30.4 Å². The number of hydrogen-bond acceptors (Lipinski definition) is 4. The molecular weight excluding hydrogens is 358 g/mol. The highest BCUT2D eigenvalue weighted by Gasteiger charge is 2.38. The number of carbonyl (C=O) groups excluding carboxylic acids is 1. The third-order valence-corrected chi connectivity index (χ3v) is 5.43. The van der Waals surface area contributed by atoms with Gasteiger partial charge in [-0.2, -0.15) is 5.26 Å². The lowest BCUT2D eigenvalue weighted by Crippen LogP contribution is -2.51. The molecule has 1 saturated heterocycles. The Morgan fingerprint density at radius 3 is 2.58 bits per heavy atom. The first-order valence-corrected chi connectivity index (χ1v) is 8.66. The van der Waals surface area contributed by atoms with Crippen LogP contribution in [-0.4, -0.2) is 23.8 Å². The molecule has 2 heterocycles. The Kier molecular flexibility index (Phi) is 4.59. The molecule has 1 fully saturated rings. The van der Waals surface area contributed by atoms with Crippen molar-refractivity contribution in [2.45, 2.75) is 25.2 Å². The van der Waals surface area contributed by atoms with E-state index in [1.165, 1.54) is 48.0 Å². The number of halogens is 2. The van der Waals surface area contributed by atoms with Gasteiger partial charge in [0.15, 0.2) is 0 Å². The highest BCUT2D eigenvalue weighted by molar-refractivity contribution is 8.07. The minimum absolute atomic E-state index is 0.0588. The Bertz CT molecular complexity index is 878. The van der Waals surface area contributed by atoms with Crippen molar-refractivity contribution in [1.82, 2.24) is 10.2 Å². The summed E-state index contributed by atoms with van der Waals surface area (Å²) in [6.45, 7) is 0.822. The summed E-state index contributed by atoms with van der Waals surface area (Å²) in [5.41, 5.74) is 0.959. The van der Waals surface area contributed by atoms with Gasteiger partial charge in [0.2, 0.25) is 11.9 Å². The summed E-state index contributed by atoms with van der Waals surface area (Å²) in [4.78, 5) is 15.3. The van der Waals surface area contributed by atoms with Crippen molar-refractivity contribution in [3.05, 3.63) is 57.0 Å². The van der Waals surface area contributed by atoms with Crippen molar-refractivity contribution in [2.24, 2.45) is 0 Å². The first kappa shape index (κ1) is 18.1. The number of guanidine groups is 1. The molecule has 1 aromatic carbocycles. The van der Waals surface area contributed by atoms with E-state index in [4.69, 9.17) is 10.7 Å². The van der Waals surface area contributed by atoms with Gasteiger partial charge in [0, 0.05) is 36.6 Å². The van der Waals surface area contributed by atoms with Crippen LogP contribution in [0.4, 0.5) is 8.78 Å². The lowest BCUT2D eigenvalue weighted by Gasteiger charge is -2.34. The molecule has 2 aliphatic heterocycles. The van der Waals surface area contributed by atoms with Crippen molar-refractivity contribution >= 4 is 23.6 Å². The van der Waals surface area contributed by atoms with Crippen LogP contribution in [0.15, 0.2) is 45.8 Å². The summed E-state index contributed by atoms with van der Waals surface area (Å²) in [7, 11) is 1.49. The molecule has 5 nitrogen and oxygen atoms in total. The van der Waals surface area contributed by atoms with E-state index in [9.17, 15) is 13.6 Å². The van der Waals surface area contributed by atoms with Crippen molar-refractivity contribution in [2.75, 3.05) is 7.05 Å². The second-order valence-electron chi connectivity index (χ2n) is 6.14. The average molecular weight is 374 g/mol. The summed E-state index contributed by atoms with van der Waals surface area (Å²) in [6.07, 6.45) is 2.25. The maximum atomic E-state index is 13.5. The van der Waals surface area contributed by atoms with Crippen LogP contribution >= 0.6 is 11.8 Å². The normalized spacial score (nSPS) is 23.6. The van der Waals surface area contributed by atoms with Gasteiger partial charge in [-0.05, 0) is 5.56 Å². The fourth-order valence-electron chi connectivity index (χ4n) is 2.85. The lowest BCUT2D eigenvalue weighted by atomic mass is 9.90. The van der Waals surface area contributed by atoms with Crippen LogP contribution in [0.3, 0.4) is 0 Å². The van der Waals surface area contributed by atoms with Crippen molar-refractivity contribution in [3.8, 4) is 6.07 Å². The van der Waals surface area contributed by atoms with Crippen molar-refractivity contribution in [3.63, 3.8) is 0 Å². The number of hydrogen-bond donors (Lipinski definition) is 2. The average Bonchev–Trinajstić information content (AvgIpc) is 3.08. The number of rotatable bonds is 2. The molecule has 134 valence electrons. The lowest BCUT2D eigenvalue weighted by molar-refractivity contribution is -0.128. The van der Waals surface area contributed by atoms with Crippen LogP contribution in [-0.2, 0) is 10.7 Å². The summed E-state index contributed by atoms with van der Waals surface area (Å²) < 4.78 is 26.9. The molecule has 1 atom stereocenters. The zero-order valence-electron chi connectivity index (χ0n) is 14.1. The van der Waals surface area contributed by atoms with Gasteiger partial charge in [-0.15, -0.1) is 0 Å². The van der Waals surface area contributed by atoms with Gasteiger partial charge in [-0.1, -0.05) is 42.1 Å². The Labute approximate surface area is 153 Å². The number of benzene rings is 1. The topological polar surface area (TPSA) is 80.0 Å². The molecule has 3 rings (SSSR count). The van der Waals surface area contributed by atoms with E-state index in [1.807, 2.05) is 0 Å². The van der Waals surface area contributed by atoms with Gasteiger partial charge in [0.1, 0.15) is 12.0 Å². The number of nitrogens with zero attached hydrogens (tertiary/aromatic N) is 2. The van der Waals surface area contributed by atoms with Crippen molar-refractivity contribution in [1.29, 1.82) is 10.7 Å². The maximum Gasteiger partial charge on any atom is 0.270 e. The maximum absolute atomic E-state index is 13.5. The molecule has 0 saturated carbocycles. The van der Waals surface area contributed by atoms with Gasteiger partial charge in [0.25, 0.3) is 5.92 Å². The number of alkyl halides is 2. The van der Waals surface area contributed by atoms with Crippen LogP contribution < -0.4 is 5.32 Å². The Morgan fingerprint density at radius 2 is 2.04 bits per heavy atom. The molecule has 1 aromatic rings. The second kappa shape index (κ2) is 6.57. The molecule has 26 heavy (non-hydrogen) atoms. The van der Waals surface area contributed by atoms with E-state index >= 15 is 0 Å². The molecule has 2 N–H and O–H groups in total. The fraction of sp³-hybridized carbons (Fsp3) is 0.278. The van der Waals surface area contributed by atoms with E-state index in [0.717, 1.165) is 11.8 Å². The predicted octanol–water partition coefficient (Wildman–Crippen LogP) is 3.63. The predicted molar refractivity (Wildman–Crippen MR) is 95.3 cm³/mol. The summed E-state index contributed by atoms with van der Waals surface area (Å²) >= 11 is 1.26. The first-order chi connectivity index (χ1) is 12.2. The summed E-state index contributed by atoms with van der Waals surface area (Å²) in [5.74, 6) is -4.07. The highest BCUT2D eigenvalue weighted by Crippen LogP contribution is 2.42. The van der Waals surface area contributed by atoms with Crippen LogP contribution in [0.2, 0.25) is 0 Å². The molecule has 0 spiro atoms. The Morgan fingerprint density at radius 1 is 1.38 bits per heavy atom. The number of carbonyl (C=O) groups is 1. The van der Waals surface area contributed by atoms with Crippen LogP contribution in [0.5, 0.6) is 0 Å². The number of thioether (sulfide) groups is 1. The molecule has 0 bridgehead atoms. The van der Waals surface area contributed by atoms with E-state index < -0.39 is 11.8 Å². The molecule has 1 amide bonds. The minimum atomic E-state index is -2.96. The SMILES string of the molecule is CN1C(=N)N/C(=C2\CC=C(C#N)S2)[C@H](c2ccc(C(C)(F)F)cc2)C1=O. The number of nitrogens with one attached hydrogen (secondary N) is 2. The van der Waals surface area contributed by atoms with E-state index in [0.29, 0.717) is 22.6 Å². The third-order valence-electron chi connectivity index (χ3n) is 4.32. The molecule has 0 aliphatic carbocycles. The van der Waals surface area contributed by atoms with Gasteiger partial charge in [-0.3, -0.25) is 15.1 Å². The zero-order chi connectivity index (χ0) is 19.1. The van der Waals surface area contributed by atoms with Gasteiger partial charge >= 0.3 is 0 Å². The molecular formula is C18H16F2N4OS. The largest absolute Gasteiger partial charge is 0.328 e. The number of amides is 1. The number of allylic oxidation sites excluding steroid dienone is 3. The Balaban J connectivity index is 2.03. The van der Waals surface area contributed by atoms with Crippen molar-refractivity contribution < 1.29 is 13.6 Å². The molecule has 0 aromatic heterocycles. The zero-order valence-corrected chi connectivity index (χ0v) is 15.0. The molecule has 8 heteroatoms. The molecule has 0 unspecified atom stereocenters. The van der Waals surface area contributed by atoms with E-state index in [1.54, 1.807) is 6.08 Å². The van der Waals surface area contributed by atoms with E-state index in [-0.39, 0.29) is 17.4 Å². The van der Waals surface area contributed by atoms with Gasteiger partial charge in [0.05, 0.1) is 4.91 Å². The number of nitriles is 1. The smallest absolute Gasteiger partial charge is 0.270 e. The summed E-state index contributed by atoms with van der Waals surface area (Å²) in [6, 6.07) is 7.72. The van der Waals surface area contributed by atoms with Crippen LogP contribution in [0, 0.1) is 16.7 Å². The number of likely N-dealkylation sites (N-methyl/N-ethyl adjacent to an activating group) is 1.